The molecule has 2 atom stereocenters. The molecule has 5 N–H and O–H groups in total. The number of sulfone groups is 1. The fourth-order valence-corrected chi connectivity index (χ4v) is 11.2. The van der Waals surface area contributed by atoms with Crippen molar-refractivity contribution in [1.82, 2.24) is 9.62 Å². The molecule has 0 aromatic heterocycles. The number of sulfonamides is 1. The van der Waals surface area contributed by atoms with Gasteiger partial charge in [-0.25, -0.2) is 26.1 Å². The highest BCUT2D eigenvalue weighted by molar-refractivity contribution is 7.99. The van der Waals surface area contributed by atoms with Gasteiger partial charge in [-0.1, -0.05) is 73.1 Å². The number of thioether (sulfide) groups is 1. The van der Waals surface area contributed by atoms with Gasteiger partial charge in [-0.3, -0.25) is 9.32 Å². The van der Waals surface area contributed by atoms with Crippen LogP contribution in [0.5, 0.6) is 0 Å². The van der Waals surface area contributed by atoms with Crippen molar-refractivity contribution in [3.05, 3.63) is 137 Å². The van der Waals surface area contributed by atoms with Crippen molar-refractivity contribution in [1.29, 1.82) is 0 Å². The molecule has 0 unspecified atom stereocenters. The Morgan fingerprint density at radius 2 is 1.55 bits per heavy atom. The molecule has 0 saturated carbocycles. The predicted molar refractivity (Wildman–Crippen MR) is 264 cm³/mol. The molecule has 5 aromatic rings. The van der Waals surface area contributed by atoms with Crippen molar-refractivity contribution in [2.45, 2.75) is 58.5 Å². The Balaban J connectivity index is 0.00000888. The number of alkyl halides is 3. The number of piperidine rings is 1. The second-order valence-corrected chi connectivity index (χ2v) is 22.3. The normalized spacial score (nSPS) is 14.8. The quantitative estimate of drug-likeness (QED) is 0.0344. The number of rotatable bonds is 21. The second-order valence-electron chi connectivity index (χ2n) is 16.0. The highest BCUT2D eigenvalue weighted by Crippen LogP contribution is 2.39. The topological polar surface area (TPSA) is 203 Å². The van der Waals surface area contributed by atoms with Gasteiger partial charge in [0.05, 0.1) is 23.3 Å². The molecule has 1 aliphatic rings. The van der Waals surface area contributed by atoms with Gasteiger partial charge in [0.15, 0.2) is 0 Å². The number of halogens is 5. The Morgan fingerprint density at radius 1 is 0.913 bits per heavy atom. The third kappa shape index (κ3) is 15.2. The van der Waals surface area contributed by atoms with E-state index in [0.29, 0.717) is 43.6 Å². The Morgan fingerprint density at radius 3 is 2.17 bits per heavy atom. The van der Waals surface area contributed by atoms with E-state index in [1.807, 2.05) is 53.3 Å². The van der Waals surface area contributed by atoms with Crippen LogP contribution in [0.1, 0.15) is 48.2 Å². The summed E-state index contributed by atoms with van der Waals surface area (Å²) < 4.78 is 114. The lowest BCUT2D eigenvalue weighted by Crippen LogP contribution is -2.36. The summed E-state index contributed by atoms with van der Waals surface area (Å²) in [5.41, 5.74) is -3.06. The van der Waals surface area contributed by atoms with Gasteiger partial charge in [0.2, 0.25) is 0 Å². The van der Waals surface area contributed by atoms with Gasteiger partial charge in [-0.2, -0.15) is 13.2 Å². The number of carbonyl (C=O) groups excluding carboxylic acids is 1. The average Bonchev–Trinajstić information content (AvgIpc) is 3.31. The molecule has 6 rings (SSSR count). The van der Waals surface area contributed by atoms with Crippen molar-refractivity contribution in [2.75, 3.05) is 55.3 Å². The zero-order valence-corrected chi connectivity index (χ0v) is 42.0. The molecule has 374 valence electrons. The van der Waals surface area contributed by atoms with Crippen molar-refractivity contribution in [3.63, 3.8) is 0 Å². The molecule has 0 spiro atoms. The number of aliphatic hydroxyl groups is 1. The second kappa shape index (κ2) is 24.3. The highest BCUT2D eigenvalue weighted by Gasteiger charge is 2.48. The van der Waals surface area contributed by atoms with Crippen LogP contribution in [-0.2, 0) is 28.9 Å². The molecule has 1 saturated heterocycles. The molecule has 69 heavy (non-hydrogen) atoms. The minimum absolute atomic E-state index is 0. The first kappa shape index (κ1) is 55.7. The summed E-state index contributed by atoms with van der Waals surface area (Å²) in [4.78, 5) is 33.8. The van der Waals surface area contributed by atoms with Crippen LogP contribution in [0.2, 0.25) is 5.02 Å². The first-order valence-corrected chi connectivity index (χ1v) is 27.3. The average molecular weight is 1080 g/mol. The van der Waals surface area contributed by atoms with Gasteiger partial charge >= 0.3 is 13.3 Å². The van der Waals surface area contributed by atoms with E-state index in [1.165, 1.54) is 23.9 Å². The van der Waals surface area contributed by atoms with Gasteiger partial charge in [0, 0.05) is 59.1 Å². The molecule has 1 fully saturated rings. The first-order valence-electron chi connectivity index (χ1n) is 21.4. The van der Waals surface area contributed by atoms with E-state index in [9.17, 15) is 44.5 Å². The summed E-state index contributed by atoms with van der Waals surface area (Å²) in [6.45, 7) is 3.40. The van der Waals surface area contributed by atoms with Gasteiger partial charge in [-0.15, -0.1) is 24.2 Å². The number of nitrogens with zero attached hydrogens (tertiary/aromatic N) is 2. The predicted octanol–water partition coefficient (Wildman–Crippen LogP) is 9.19. The van der Waals surface area contributed by atoms with Crippen LogP contribution in [0.3, 0.4) is 0 Å². The van der Waals surface area contributed by atoms with Gasteiger partial charge in [-0.05, 0) is 115 Å². The summed E-state index contributed by atoms with van der Waals surface area (Å²) in [5.74, 6) is -0.936. The maximum Gasteiger partial charge on any atom is 0.501 e. The van der Waals surface area contributed by atoms with Crippen LogP contribution >= 0.6 is 43.6 Å². The first-order chi connectivity index (χ1) is 32.1. The SMILES string of the molecule is CCN(CCOP(=O)(O)O)CC[C@@H](CSc1ccccc1)Nc1ccc(S(=O)(=O)NC(=O)c2ccc(N3CCC([C@@H](O)c4ccccc4-c4ccc(Cl)cc4)CC3)cc2)cc1S(=O)(=O)C(F)(F)F.Cl. The molecule has 1 aliphatic heterocycles. The lowest BCUT2D eigenvalue weighted by atomic mass is 9.84. The number of benzene rings is 5. The number of carbonyl (C=O) groups is 1. The molecule has 14 nitrogen and oxygen atoms in total. The van der Waals surface area contributed by atoms with Crippen molar-refractivity contribution >= 4 is 80.7 Å². The maximum atomic E-state index is 14.2. The number of amides is 1. The monoisotopic (exact) mass is 1070 g/mol. The summed E-state index contributed by atoms with van der Waals surface area (Å²) in [6.07, 6.45) is 0.784. The smallest absolute Gasteiger partial charge is 0.388 e. The number of anilines is 2. The minimum atomic E-state index is -6.17. The van der Waals surface area contributed by atoms with Crippen LogP contribution in [0.15, 0.2) is 136 Å². The Bertz CT molecular complexity index is 2770. The van der Waals surface area contributed by atoms with Crippen LogP contribution in [-0.4, -0.2) is 99.2 Å². The lowest BCUT2D eigenvalue weighted by molar-refractivity contribution is -0.0436. The van der Waals surface area contributed by atoms with E-state index in [0.717, 1.165) is 39.4 Å². The van der Waals surface area contributed by atoms with Crippen LogP contribution in [0.25, 0.3) is 11.1 Å². The Labute approximate surface area is 415 Å². The Kier molecular flexibility index (Phi) is 19.6. The molecule has 23 heteroatoms. The molecular weight excluding hydrogens is 1020 g/mol. The maximum absolute atomic E-state index is 14.2. The molecule has 1 amide bonds. The minimum Gasteiger partial charge on any atom is -0.388 e. The van der Waals surface area contributed by atoms with E-state index < -0.39 is 66.7 Å². The van der Waals surface area contributed by atoms with Gasteiger partial charge in [0.1, 0.15) is 4.90 Å². The summed E-state index contributed by atoms with van der Waals surface area (Å²) in [7, 11) is -15.8. The molecule has 0 bridgehead atoms. The molecular formula is C46H52Cl2F3N4O10PS3. The zero-order valence-electron chi connectivity index (χ0n) is 37.0. The fraction of sp³-hybridized carbons (Fsp3) is 0.326. The van der Waals surface area contributed by atoms with Crippen LogP contribution in [0, 0.1) is 5.92 Å². The van der Waals surface area contributed by atoms with Crippen molar-refractivity contribution in [3.8, 4) is 11.1 Å². The molecule has 0 aliphatic carbocycles. The molecule has 5 aromatic carbocycles. The molecule has 0 radical (unpaired) electrons. The fourth-order valence-electron chi connectivity index (χ4n) is 7.76. The van der Waals surface area contributed by atoms with Crippen molar-refractivity contribution in [2.24, 2.45) is 5.92 Å². The highest BCUT2D eigenvalue weighted by atomic mass is 35.5. The van der Waals surface area contributed by atoms with Gasteiger partial charge < -0.3 is 30.0 Å². The third-order valence-electron chi connectivity index (χ3n) is 11.5. The summed E-state index contributed by atoms with van der Waals surface area (Å²) in [5, 5.41) is 15.0. The van der Waals surface area contributed by atoms with E-state index in [-0.39, 0.29) is 55.8 Å². The third-order valence-corrected chi connectivity index (χ3v) is 16.3. The molecule has 1 heterocycles. The van der Waals surface area contributed by atoms with Crippen LogP contribution < -0.4 is 14.9 Å². The number of nitrogens with one attached hydrogen (secondary N) is 2. The van der Waals surface area contributed by atoms with E-state index in [1.54, 1.807) is 54.3 Å². The number of phosphoric ester groups is 1. The van der Waals surface area contributed by atoms with E-state index in [2.05, 4.69) is 14.7 Å². The summed E-state index contributed by atoms with van der Waals surface area (Å²) in [6, 6.07) is 31.6. The van der Waals surface area contributed by atoms with Crippen LogP contribution in [0.4, 0.5) is 24.5 Å². The summed E-state index contributed by atoms with van der Waals surface area (Å²) >= 11 is 7.42. The van der Waals surface area contributed by atoms with Crippen molar-refractivity contribution < 1.29 is 58.8 Å². The van der Waals surface area contributed by atoms with E-state index >= 15 is 0 Å². The largest absolute Gasteiger partial charge is 0.501 e. The number of phosphoric acid groups is 1. The number of likely N-dealkylation sites (N-methyl/N-ethyl adjacent to an activating group) is 1. The van der Waals surface area contributed by atoms with Gasteiger partial charge in [0.25, 0.3) is 25.8 Å². The number of hydrogen-bond donors (Lipinski definition) is 5. The zero-order chi connectivity index (χ0) is 49.3. The number of aliphatic hydroxyl groups excluding tert-OH is 1. The lowest BCUT2D eigenvalue weighted by Gasteiger charge is -2.36. The van der Waals surface area contributed by atoms with E-state index in [4.69, 9.17) is 21.4 Å². The number of hydrogen-bond acceptors (Lipinski definition) is 12. The Hall–Kier alpha value is -4.18. The standard InChI is InChI=1S/C46H51ClF3N4O10PS3.ClH/c1-2-53(28-29-64-65(57,58)59)25-24-36(31-66-38-8-4-3-5-9-38)51-42-21-20-39(30-43(42)67(60,61)46(48,49)50)68(62,63)52-45(56)34-14-18-37(19-15-34)54-26-22-33(23-27-54)44(55)41-11-7-6-10-40(41)32-12-16-35(47)17-13-32;/h3-21,30,33,36,44,51,55H,2,22-29,31H2,1H3,(H,52,56)(H2,57,58,59);1H/t36-,44+;/m0./s1.